The minimum absolute atomic E-state index is 0.00822. The minimum atomic E-state index is -0.160. The zero-order valence-corrected chi connectivity index (χ0v) is 12.8. The summed E-state index contributed by atoms with van der Waals surface area (Å²) in [4.78, 5) is 24.5. The van der Waals surface area contributed by atoms with Crippen LogP contribution in [0.1, 0.15) is 37.0 Å². The molecule has 0 aliphatic heterocycles. The normalized spacial score (nSPS) is 14.1. The molecule has 2 aromatic rings. The van der Waals surface area contributed by atoms with Crippen molar-refractivity contribution >= 4 is 28.3 Å². The zero-order valence-electron chi connectivity index (χ0n) is 12.8. The second kappa shape index (κ2) is 5.79. The van der Waals surface area contributed by atoms with Gasteiger partial charge in [0.2, 0.25) is 5.91 Å². The molecule has 0 spiro atoms. The number of carbonyl (C=O) groups excluding carboxylic acids is 2. The molecule has 0 aromatic heterocycles. The van der Waals surface area contributed by atoms with Crippen LogP contribution in [-0.4, -0.2) is 17.9 Å². The summed E-state index contributed by atoms with van der Waals surface area (Å²) in [5.74, 6) is -0.0480. The highest BCUT2D eigenvalue weighted by Crippen LogP contribution is 2.31. The molecule has 0 atom stereocenters. The molecule has 2 aromatic carbocycles. The Hall–Kier alpha value is -2.36. The van der Waals surface area contributed by atoms with Gasteiger partial charge in [0, 0.05) is 12.0 Å². The van der Waals surface area contributed by atoms with Gasteiger partial charge in [0.15, 0.2) is 0 Å². The van der Waals surface area contributed by atoms with Gasteiger partial charge in [-0.1, -0.05) is 24.3 Å². The van der Waals surface area contributed by atoms with Crippen LogP contribution in [0.2, 0.25) is 0 Å². The van der Waals surface area contributed by atoms with E-state index in [1.54, 1.807) is 0 Å². The molecule has 2 amide bonds. The highest BCUT2D eigenvalue weighted by atomic mass is 16.2. The van der Waals surface area contributed by atoms with Crippen LogP contribution >= 0.6 is 0 Å². The summed E-state index contributed by atoms with van der Waals surface area (Å²) >= 11 is 0. The third-order valence-corrected chi connectivity index (χ3v) is 3.76. The third-order valence-electron chi connectivity index (χ3n) is 3.76. The fourth-order valence-corrected chi connectivity index (χ4v) is 2.45. The van der Waals surface area contributed by atoms with E-state index in [1.807, 2.05) is 50.2 Å². The van der Waals surface area contributed by atoms with Gasteiger partial charge in [0.05, 0.1) is 11.3 Å². The molecule has 1 aliphatic rings. The van der Waals surface area contributed by atoms with Crippen molar-refractivity contribution in [3.63, 3.8) is 0 Å². The van der Waals surface area contributed by atoms with Crippen molar-refractivity contribution in [2.24, 2.45) is 5.92 Å². The Labute approximate surface area is 129 Å². The van der Waals surface area contributed by atoms with Gasteiger partial charge >= 0.3 is 0 Å². The number of rotatable bonds is 4. The average Bonchev–Trinajstić information content (AvgIpc) is 3.30. The predicted octanol–water partition coefficient (Wildman–Crippen LogP) is 3.33. The molecule has 2 N–H and O–H groups in total. The molecule has 0 unspecified atom stereocenters. The lowest BCUT2D eigenvalue weighted by atomic mass is 10.0. The van der Waals surface area contributed by atoms with E-state index in [0.717, 1.165) is 23.6 Å². The average molecular weight is 296 g/mol. The number of carbonyl (C=O) groups is 2. The Morgan fingerprint density at radius 2 is 1.73 bits per heavy atom. The van der Waals surface area contributed by atoms with Gasteiger partial charge in [0.25, 0.3) is 5.91 Å². The van der Waals surface area contributed by atoms with Gasteiger partial charge in [-0.2, -0.15) is 0 Å². The largest absolute Gasteiger partial charge is 0.350 e. The van der Waals surface area contributed by atoms with Crippen LogP contribution in [0.15, 0.2) is 36.4 Å². The molecule has 3 rings (SSSR count). The lowest BCUT2D eigenvalue weighted by molar-refractivity contribution is -0.117. The Kier molecular flexibility index (Phi) is 3.84. The standard InChI is InChI=1S/C18H20N2O2/c1-11(2)19-18(22)15-9-13-5-3-4-6-14(13)10-16(15)20-17(21)12-7-8-12/h3-6,9-12H,7-8H2,1-2H3,(H,19,22)(H,20,21). The topological polar surface area (TPSA) is 58.2 Å². The first kappa shape index (κ1) is 14.6. The highest BCUT2D eigenvalue weighted by Gasteiger charge is 2.30. The molecule has 0 heterocycles. The van der Waals surface area contributed by atoms with E-state index in [-0.39, 0.29) is 23.8 Å². The van der Waals surface area contributed by atoms with E-state index in [2.05, 4.69) is 10.6 Å². The van der Waals surface area contributed by atoms with Gasteiger partial charge in [-0.05, 0) is 49.6 Å². The van der Waals surface area contributed by atoms with Gasteiger partial charge in [0.1, 0.15) is 0 Å². The smallest absolute Gasteiger partial charge is 0.253 e. The second-order valence-electron chi connectivity index (χ2n) is 6.14. The van der Waals surface area contributed by atoms with Gasteiger partial charge < -0.3 is 10.6 Å². The first-order chi connectivity index (χ1) is 10.5. The van der Waals surface area contributed by atoms with Crippen molar-refractivity contribution in [1.82, 2.24) is 5.32 Å². The molecule has 1 fully saturated rings. The summed E-state index contributed by atoms with van der Waals surface area (Å²) in [5, 5.41) is 7.81. The minimum Gasteiger partial charge on any atom is -0.350 e. The molecule has 1 saturated carbocycles. The molecule has 0 radical (unpaired) electrons. The maximum absolute atomic E-state index is 12.4. The van der Waals surface area contributed by atoms with Crippen molar-refractivity contribution in [2.45, 2.75) is 32.7 Å². The maximum atomic E-state index is 12.4. The maximum Gasteiger partial charge on any atom is 0.253 e. The summed E-state index contributed by atoms with van der Waals surface area (Å²) in [6.07, 6.45) is 1.87. The number of hydrogen-bond donors (Lipinski definition) is 2. The highest BCUT2D eigenvalue weighted by molar-refractivity contribution is 6.08. The SMILES string of the molecule is CC(C)NC(=O)c1cc2ccccc2cc1NC(=O)C1CC1. The number of benzene rings is 2. The van der Waals surface area contributed by atoms with E-state index < -0.39 is 0 Å². The van der Waals surface area contributed by atoms with Crippen molar-refractivity contribution in [3.05, 3.63) is 42.0 Å². The summed E-state index contributed by atoms with van der Waals surface area (Å²) in [5.41, 5.74) is 1.11. The molecule has 22 heavy (non-hydrogen) atoms. The first-order valence-corrected chi connectivity index (χ1v) is 7.69. The van der Waals surface area contributed by atoms with Crippen LogP contribution in [-0.2, 0) is 4.79 Å². The lowest BCUT2D eigenvalue weighted by Gasteiger charge is -2.14. The Morgan fingerprint density at radius 1 is 1.09 bits per heavy atom. The molecule has 1 aliphatic carbocycles. The number of hydrogen-bond acceptors (Lipinski definition) is 2. The predicted molar refractivity (Wildman–Crippen MR) is 87.9 cm³/mol. The summed E-state index contributed by atoms with van der Waals surface area (Å²) in [6, 6.07) is 11.6. The van der Waals surface area contributed by atoms with E-state index in [1.165, 1.54) is 0 Å². The van der Waals surface area contributed by atoms with Crippen LogP contribution in [0.3, 0.4) is 0 Å². The molecule has 0 saturated heterocycles. The van der Waals surface area contributed by atoms with Crippen LogP contribution in [0, 0.1) is 5.92 Å². The quantitative estimate of drug-likeness (QED) is 0.909. The van der Waals surface area contributed by atoms with Crippen LogP contribution in [0.5, 0.6) is 0 Å². The van der Waals surface area contributed by atoms with E-state index >= 15 is 0 Å². The Balaban J connectivity index is 2.01. The van der Waals surface area contributed by atoms with E-state index in [0.29, 0.717) is 11.3 Å². The van der Waals surface area contributed by atoms with Crippen molar-refractivity contribution < 1.29 is 9.59 Å². The molecular weight excluding hydrogens is 276 g/mol. The molecular formula is C18H20N2O2. The molecule has 0 bridgehead atoms. The number of fused-ring (bicyclic) bond motifs is 1. The third kappa shape index (κ3) is 3.11. The molecule has 4 nitrogen and oxygen atoms in total. The van der Waals surface area contributed by atoms with Crippen LogP contribution in [0.25, 0.3) is 10.8 Å². The van der Waals surface area contributed by atoms with Gasteiger partial charge in [-0.25, -0.2) is 0 Å². The fraction of sp³-hybridized carbons (Fsp3) is 0.333. The fourth-order valence-electron chi connectivity index (χ4n) is 2.45. The molecule has 4 heteroatoms. The lowest BCUT2D eigenvalue weighted by Crippen LogP contribution is -2.31. The summed E-state index contributed by atoms with van der Waals surface area (Å²) < 4.78 is 0. The van der Waals surface area contributed by atoms with Crippen LogP contribution < -0.4 is 10.6 Å². The van der Waals surface area contributed by atoms with E-state index in [4.69, 9.17) is 0 Å². The van der Waals surface area contributed by atoms with Crippen molar-refractivity contribution in [3.8, 4) is 0 Å². The van der Waals surface area contributed by atoms with Gasteiger partial charge in [-0.15, -0.1) is 0 Å². The summed E-state index contributed by atoms with van der Waals surface area (Å²) in [6.45, 7) is 3.84. The monoisotopic (exact) mass is 296 g/mol. The van der Waals surface area contributed by atoms with Crippen molar-refractivity contribution in [1.29, 1.82) is 0 Å². The molecule has 114 valence electrons. The number of nitrogens with one attached hydrogen (secondary N) is 2. The zero-order chi connectivity index (χ0) is 15.7. The second-order valence-corrected chi connectivity index (χ2v) is 6.14. The summed E-state index contributed by atoms with van der Waals surface area (Å²) in [7, 11) is 0. The van der Waals surface area contributed by atoms with E-state index in [9.17, 15) is 9.59 Å². The van der Waals surface area contributed by atoms with Crippen molar-refractivity contribution in [2.75, 3.05) is 5.32 Å². The first-order valence-electron chi connectivity index (χ1n) is 7.69. The van der Waals surface area contributed by atoms with Gasteiger partial charge in [-0.3, -0.25) is 9.59 Å². The number of amides is 2. The Bertz CT molecular complexity index is 733. The Morgan fingerprint density at radius 3 is 2.32 bits per heavy atom. The van der Waals surface area contributed by atoms with Crippen LogP contribution in [0.4, 0.5) is 5.69 Å². The number of anilines is 1.